The van der Waals surface area contributed by atoms with Crippen molar-refractivity contribution >= 4 is 45.1 Å². The smallest absolute Gasteiger partial charge is 0.265 e. The van der Waals surface area contributed by atoms with Crippen LogP contribution >= 0.6 is 23.1 Å². The summed E-state index contributed by atoms with van der Waals surface area (Å²) in [5.74, 6) is 0. The molecule has 25 heavy (non-hydrogen) atoms. The quantitative estimate of drug-likeness (QED) is 0.544. The van der Waals surface area contributed by atoms with Gasteiger partial charge >= 0.3 is 0 Å². The van der Waals surface area contributed by atoms with E-state index in [0.717, 1.165) is 13.1 Å². The molecule has 0 radical (unpaired) electrons. The van der Waals surface area contributed by atoms with E-state index in [2.05, 4.69) is 79.6 Å². The molecule has 2 heterocycles. The van der Waals surface area contributed by atoms with Crippen LogP contribution in [0.15, 0.2) is 46.3 Å². The van der Waals surface area contributed by atoms with Crippen molar-refractivity contribution in [2.24, 2.45) is 0 Å². The Bertz CT molecular complexity index is 985. The van der Waals surface area contributed by atoms with Crippen LogP contribution in [0, 0.1) is 13.8 Å². The highest BCUT2D eigenvalue weighted by Crippen LogP contribution is 2.47. The summed E-state index contributed by atoms with van der Waals surface area (Å²) in [6, 6.07) is 13.5. The van der Waals surface area contributed by atoms with Gasteiger partial charge in [-0.3, -0.25) is 0 Å². The van der Waals surface area contributed by atoms with Gasteiger partial charge in [-0.2, -0.15) is 4.57 Å². The second kappa shape index (κ2) is 6.50. The summed E-state index contributed by atoms with van der Waals surface area (Å²) >= 11 is 3.78. The monoisotopic (exact) mass is 367 g/mol. The Kier molecular flexibility index (Phi) is 4.34. The van der Waals surface area contributed by atoms with Gasteiger partial charge in [0.15, 0.2) is 0 Å². The maximum atomic E-state index is 2.43. The number of rotatable bonds is 3. The van der Waals surface area contributed by atoms with Crippen molar-refractivity contribution in [1.82, 2.24) is 0 Å². The highest BCUT2D eigenvalue weighted by atomic mass is 32.2. The standard InChI is InChI=1S/C21H23N2S2/c1-5-22-16-9-7-14(3)11-18(16)24-20(22)13-21-23(6-2)17-10-8-15(4)12-19(17)25-21/h7-13H,5-6H2,1-4H3/q+1. The molecular weight excluding hydrogens is 344 g/mol. The Morgan fingerprint density at radius 2 is 1.80 bits per heavy atom. The van der Waals surface area contributed by atoms with Gasteiger partial charge in [-0.15, -0.1) is 0 Å². The molecular formula is C21H23N2S2+. The highest BCUT2D eigenvalue weighted by Gasteiger charge is 2.26. The summed E-state index contributed by atoms with van der Waals surface area (Å²) in [6.45, 7) is 10.8. The van der Waals surface area contributed by atoms with Crippen molar-refractivity contribution in [2.75, 3.05) is 11.4 Å². The number of hydrogen-bond acceptors (Lipinski definition) is 3. The van der Waals surface area contributed by atoms with Gasteiger partial charge in [-0.05, 0) is 57.0 Å². The van der Waals surface area contributed by atoms with Crippen molar-refractivity contribution < 1.29 is 4.57 Å². The first-order valence-electron chi connectivity index (χ1n) is 8.81. The van der Waals surface area contributed by atoms with Gasteiger partial charge in [0.05, 0.1) is 16.8 Å². The van der Waals surface area contributed by atoms with Gasteiger partial charge < -0.3 is 4.90 Å². The van der Waals surface area contributed by atoms with E-state index in [0.29, 0.717) is 0 Å². The number of nitrogens with zero attached hydrogens (tertiary/aromatic N) is 2. The predicted octanol–water partition coefficient (Wildman–Crippen LogP) is 5.76. The molecule has 0 bridgehead atoms. The van der Waals surface area contributed by atoms with Crippen molar-refractivity contribution in [3.63, 3.8) is 0 Å². The van der Waals surface area contributed by atoms with E-state index in [-0.39, 0.29) is 0 Å². The van der Waals surface area contributed by atoms with E-state index in [9.17, 15) is 0 Å². The molecule has 128 valence electrons. The molecule has 1 aliphatic rings. The number of fused-ring (bicyclic) bond motifs is 2. The summed E-state index contributed by atoms with van der Waals surface area (Å²) in [4.78, 5) is 3.79. The average molecular weight is 368 g/mol. The highest BCUT2D eigenvalue weighted by molar-refractivity contribution is 8.03. The number of thioether (sulfide) groups is 1. The summed E-state index contributed by atoms with van der Waals surface area (Å²) < 4.78 is 3.79. The van der Waals surface area contributed by atoms with Crippen LogP contribution < -0.4 is 9.47 Å². The third-order valence-corrected chi connectivity index (χ3v) is 6.84. The zero-order valence-electron chi connectivity index (χ0n) is 15.2. The molecule has 2 nitrogen and oxygen atoms in total. The van der Waals surface area contributed by atoms with Crippen molar-refractivity contribution in [3.8, 4) is 0 Å². The second-order valence-corrected chi connectivity index (χ2v) is 8.58. The van der Waals surface area contributed by atoms with E-state index in [4.69, 9.17) is 0 Å². The van der Waals surface area contributed by atoms with Crippen LogP contribution in [-0.4, -0.2) is 6.54 Å². The molecule has 3 aromatic rings. The molecule has 0 saturated heterocycles. The van der Waals surface area contributed by atoms with Crippen LogP contribution in [0.5, 0.6) is 0 Å². The Morgan fingerprint density at radius 1 is 1.04 bits per heavy atom. The predicted molar refractivity (Wildman–Crippen MR) is 110 cm³/mol. The minimum Gasteiger partial charge on any atom is -0.335 e. The normalized spacial score (nSPS) is 15.4. The number of thiazole rings is 1. The van der Waals surface area contributed by atoms with E-state index in [1.54, 1.807) is 0 Å². The Balaban J connectivity index is 1.82. The first kappa shape index (κ1) is 16.7. The third-order valence-electron chi connectivity index (χ3n) is 4.65. The summed E-state index contributed by atoms with van der Waals surface area (Å²) in [5.41, 5.74) is 5.32. The zero-order valence-corrected chi connectivity index (χ0v) is 16.8. The van der Waals surface area contributed by atoms with Gasteiger partial charge in [0.25, 0.3) is 5.01 Å². The zero-order chi connectivity index (χ0) is 17.6. The van der Waals surface area contributed by atoms with Crippen LogP contribution in [0.2, 0.25) is 0 Å². The van der Waals surface area contributed by atoms with Crippen LogP contribution in [-0.2, 0) is 6.54 Å². The fraction of sp³-hybridized carbons (Fsp3) is 0.286. The van der Waals surface area contributed by atoms with Crippen molar-refractivity contribution in [1.29, 1.82) is 0 Å². The van der Waals surface area contributed by atoms with Crippen LogP contribution in [0.3, 0.4) is 0 Å². The lowest BCUT2D eigenvalue weighted by Crippen LogP contribution is -2.33. The van der Waals surface area contributed by atoms with E-state index in [1.165, 1.54) is 42.0 Å². The largest absolute Gasteiger partial charge is 0.335 e. The SMILES string of the molecule is CCN1C(=Cc2sc3cc(C)ccc3[n+]2CC)Sc2cc(C)ccc21. The van der Waals surface area contributed by atoms with Gasteiger partial charge in [-0.1, -0.05) is 35.2 Å². The fourth-order valence-corrected chi connectivity index (χ4v) is 5.99. The summed E-state index contributed by atoms with van der Waals surface area (Å²) in [6.07, 6.45) is 2.37. The Morgan fingerprint density at radius 3 is 2.56 bits per heavy atom. The molecule has 0 aliphatic carbocycles. The molecule has 1 aliphatic heterocycles. The molecule has 0 fully saturated rings. The van der Waals surface area contributed by atoms with Crippen molar-refractivity contribution in [2.45, 2.75) is 39.1 Å². The number of aromatic nitrogens is 1. The van der Waals surface area contributed by atoms with Crippen LogP contribution in [0.4, 0.5) is 5.69 Å². The van der Waals surface area contributed by atoms with Gasteiger partial charge in [0.1, 0.15) is 11.2 Å². The molecule has 0 spiro atoms. The van der Waals surface area contributed by atoms with E-state index in [1.807, 2.05) is 23.1 Å². The first-order chi connectivity index (χ1) is 12.1. The lowest BCUT2D eigenvalue weighted by molar-refractivity contribution is -0.665. The molecule has 4 heteroatoms. The molecule has 0 unspecified atom stereocenters. The Labute approximate surface area is 157 Å². The van der Waals surface area contributed by atoms with Gasteiger partial charge in [0, 0.05) is 17.5 Å². The molecule has 0 atom stereocenters. The van der Waals surface area contributed by atoms with Crippen LogP contribution in [0.25, 0.3) is 16.3 Å². The van der Waals surface area contributed by atoms with E-state index >= 15 is 0 Å². The maximum Gasteiger partial charge on any atom is 0.265 e. The Hall–Kier alpha value is -1.78. The van der Waals surface area contributed by atoms with Gasteiger partial charge in [-0.25, -0.2) is 0 Å². The molecule has 0 amide bonds. The minimum absolute atomic E-state index is 0.991. The second-order valence-electron chi connectivity index (χ2n) is 6.46. The lowest BCUT2D eigenvalue weighted by atomic mass is 10.2. The number of hydrogen-bond donors (Lipinski definition) is 0. The fourth-order valence-electron chi connectivity index (χ4n) is 3.40. The number of anilines is 1. The lowest BCUT2D eigenvalue weighted by Gasteiger charge is -2.17. The van der Waals surface area contributed by atoms with Gasteiger partial charge in [0.2, 0.25) is 5.52 Å². The number of aryl methyl sites for hydroxylation is 3. The molecule has 0 N–H and O–H groups in total. The summed E-state index contributed by atoms with van der Waals surface area (Å²) in [5, 5.41) is 2.65. The van der Waals surface area contributed by atoms with Crippen molar-refractivity contribution in [3.05, 3.63) is 57.6 Å². The summed E-state index contributed by atoms with van der Waals surface area (Å²) in [7, 11) is 0. The number of benzene rings is 2. The molecule has 1 aromatic heterocycles. The van der Waals surface area contributed by atoms with Crippen LogP contribution in [0.1, 0.15) is 30.0 Å². The molecule has 0 saturated carbocycles. The first-order valence-corrected chi connectivity index (χ1v) is 10.4. The van der Waals surface area contributed by atoms with E-state index < -0.39 is 0 Å². The maximum absolute atomic E-state index is 2.43. The third kappa shape index (κ3) is 2.87. The molecule has 2 aromatic carbocycles. The average Bonchev–Trinajstić information content (AvgIpc) is 3.10. The minimum atomic E-state index is 0.991. The topological polar surface area (TPSA) is 7.12 Å². The molecule has 4 rings (SSSR count).